The lowest BCUT2D eigenvalue weighted by atomic mass is 9.75. The van der Waals surface area contributed by atoms with E-state index in [2.05, 4.69) is 26.1 Å². The molecule has 0 aliphatic heterocycles. The molecular weight excluding hydrogens is 182 g/mol. The van der Waals surface area contributed by atoms with Crippen molar-refractivity contribution in [2.75, 3.05) is 13.1 Å². The fourth-order valence-corrected chi connectivity index (χ4v) is 2.95. The minimum absolute atomic E-state index is 0.845. The molecule has 0 saturated heterocycles. The zero-order chi connectivity index (χ0) is 11.1. The quantitative estimate of drug-likeness (QED) is 0.658. The molecule has 0 spiro atoms. The van der Waals surface area contributed by atoms with Gasteiger partial charge >= 0.3 is 0 Å². The van der Waals surface area contributed by atoms with E-state index >= 15 is 0 Å². The summed E-state index contributed by atoms with van der Waals surface area (Å²) in [5, 5.41) is 3.61. The van der Waals surface area contributed by atoms with Crippen LogP contribution in [0.2, 0.25) is 0 Å². The SMILES string of the molecule is CCCNCC(C(C)C)C1CCCCC1. The van der Waals surface area contributed by atoms with Crippen molar-refractivity contribution in [1.82, 2.24) is 5.32 Å². The van der Waals surface area contributed by atoms with Crippen molar-refractivity contribution in [3.8, 4) is 0 Å². The molecule has 1 rings (SSSR count). The number of hydrogen-bond acceptors (Lipinski definition) is 1. The van der Waals surface area contributed by atoms with Gasteiger partial charge in [-0.3, -0.25) is 0 Å². The van der Waals surface area contributed by atoms with Crippen molar-refractivity contribution >= 4 is 0 Å². The van der Waals surface area contributed by atoms with Gasteiger partial charge in [-0.25, -0.2) is 0 Å². The summed E-state index contributed by atoms with van der Waals surface area (Å²) in [6.07, 6.45) is 8.65. The number of hydrogen-bond donors (Lipinski definition) is 1. The van der Waals surface area contributed by atoms with E-state index < -0.39 is 0 Å². The van der Waals surface area contributed by atoms with E-state index in [1.807, 2.05) is 0 Å². The highest BCUT2D eigenvalue weighted by Gasteiger charge is 2.25. The molecule has 1 N–H and O–H groups in total. The molecule has 0 aromatic heterocycles. The van der Waals surface area contributed by atoms with Crippen LogP contribution >= 0.6 is 0 Å². The molecule has 0 heterocycles. The van der Waals surface area contributed by atoms with Crippen molar-refractivity contribution in [3.63, 3.8) is 0 Å². The van der Waals surface area contributed by atoms with E-state index in [9.17, 15) is 0 Å². The fourth-order valence-electron chi connectivity index (χ4n) is 2.95. The first-order valence-corrected chi connectivity index (χ1v) is 6.96. The van der Waals surface area contributed by atoms with Gasteiger partial charge in [0.25, 0.3) is 0 Å². The molecule has 15 heavy (non-hydrogen) atoms. The molecule has 1 aliphatic rings. The Kier molecular flexibility index (Phi) is 6.31. The van der Waals surface area contributed by atoms with Crippen LogP contribution in [0.1, 0.15) is 59.3 Å². The Morgan fingerprint density at radius 1 is 1.13 bits per heavy atom. The fraction of sp³-hybridized carbons (Fsp3) is 1.00. The molecule has 0 aromatic rings. The molecule has 90 valence electrons. The van der Waals surface area contributed by atoms with Crippen molar-refractivity contribution in [2.24, 2.45) is 17.8 Å². The van der Waals surface area contributed by atoms with Crippen molar-refractivity contribution in [2.45, 2.75) is 59.3 Å². The molecule has 1 atom stereocenters. The Bertz CT molecular complexity index is 147. The van der Waals surface area contributed by atoms with Crippen LogP contribution in [0.3, 0.4) is 0 Å². The first-order chi connectivity index (χ1) is 7.25. The topological polar surface area (TPSA) is 12.0 Å². The first-order valence-electron chi connectivity index (χ1n) is 6.96. The minimum atomic E-state index is 0.845. The minimum Gasteiger partial charge on any atom is -0.316 e. The van der Waals surface area contributed by atoms with E-state index in [1.54, 1.807) is 0 Å². The normalized spacial score (nSPS) is 20.8. The van der Waals surface area contributed by atoms with Crippen molar-refractivity contribution in [3.05, 3.63) is 0 Å². The standard InChI is InChI=1S/C14H29N/c1-4-10-15-11-14(12(2)3)13-8-6-5-7-9-13/h12-15H,4-11H2,1-3H3. The van der Waals surface area contributed by atoms with Crippen LogP contribution in [0.4, 0.5) is 0 Å². The largest absolute Gasteiger partial charge is 0.316 e. The third-order valence-corrected chi connectivity index (χ3v) is 3.92. The Balaban J connectivity index is 2.34. The van der Waals surface area contributed by atoms with Crippen LogP contribution < -0.4 is 5.32 Å². The summed E-state index contributed by atoms with van der Waals surface area (Å²) < 4.78 is 0. The second-order valence-electron chi connectivity index (χ2n) is 5.51. The molecule has 1 saturated carbocycles. The zero-order valence-corrected chi connectivity index (χ0v) is 10.9. The predicted octanol–water partition coefficient (Wildman–Crippen LogP) is 3.84. The van der Waals surface area contributed by atoms with Crippen LogP contribution in [-0.4, -0.2) is 13.1 Å². The van der Waals surface area contributed by atoms with Gasteiger partial charge in [0.05, 0.1) is 0 Å². The van der Waals surface area contributed by atoms with Crippen LogP contribution in [0.25, 0.3) is 0 Å². The Morgan fingerprint density at radius 2 is 1.80 bits per heavy atom. The summed E-state index contributed by atoms with van der Waals surface area (Å²) in [6, 6.07) is 0. The molecular formula is C14H29N. The molecule has 0 bridgehead atoms. The Labute approximate surface area is 96.0 Å². The molecule has 0 amide bonds. The summed E-state index contributed by atoms with van der Waals surface area (Å²) in [7, 11) is 0. The third kappa shape index (κ3) is 4.55. The maximum Gasteiger partial charge on any atom is -0.00154 e. The van der Waals surface area contributed by atoms with E-state index in [4.69, 9.17) is 0 Å². The van der Waals surface area contributed by atoms with Gasteiger partial charge in [0.2, 0.25) is 0 Å². The molecule has 0 aromatic carbocycles. The van der Waals surface area contributed by atoms with Gasteiger partial charge in [0.15, 0.2) is 0 Å². The number of rotatable bonds is 6. The lowest BCUT2D eigenvalue weighted by molar-refractivity contribution is 0.191. The molecule has 1 fully saturated rings. The van der Waals surface area contributed by atoms with Gasteiger partial charge in [0, 0.05) is 0 Å². The Hall–Kier alpha value is -0.0400. The average molecular weight is 211 g/mol. The van der Waals surface area contributed by atoms with Gasteiger partial charge in [-0.1, -0.05) is 52.9 Å². The van der Waals surface area contributed by atoms with E-state index in [0.29, 0.717) is 0 Å². The summed E-state index contributed by atoms with van der Waals surface area (Å²) in [5.41, 5.74) is 0. The molecule has 1 aliphatic carbocycles. The second kappa shape index (κ2) is 7.27. The smallest absolute Gasteiger partial charge is 0.00154 e. The summed E-state index contributed by atoms with van der Waals surface area (Å²) in [5.74, 6) is 2.76. The van der Waals surface area contributed by atoms with Crippen LogP contribution in [0, 0.1) is 17.8 Å². The van der Waals surface area contributed by atoms with Crippen LogP contribution in [-0.2, 0) is 0 Å². The summed E-state index contributed by atoms with van der Waals surface area (Å²) >= 11 is 0. The van der Waals surface area contributed by atoms with Crippen LogP contribution in [0.5, 0.6) is 0 Å². The summed E-state index contributed by atoms with van der Waals surface area (Å²) in [6.45, 7) is 9.48. The summed E-state index contributed by atoms with van der Waals surface area (Å²) in [4.78, 5) is 0. The lowest BCUT2D eigenvalue weighted by Crippen LogP contribution is -2.33. The van der Waals surface area contributed by atoms with Gasteiger partial charge < -0.3 is 5.32 Å². The highest BCUT2D eigenvalue weighted by molar-refractivity contribution is 4.77. The van der Waals surface area contributed by atoms with Gasteiger partial charge in [-0.05, 0) is 37.3 Å². The highest BCUT2D eigenvalue weighted by Crippen LogP contribution is 2.33. The molecule has 1 heteroatoms. The number of nitrogens with one attached hydrogen (secondary N) is 1. The monoisotopic (exact) mass is 211 g/mol. The van der Waals surface area contributed by atoms with Gasteiger partial charge in [0.1, 0.15) is 0 Å². The first kappa shape index (κ1) is 13.0. The molecule has 1 nitrogen and oxygen atoms in total. The van der Waals surface area contributed by atoms with Crippen LogP contribution in [0.15, 0.2) is 0 Å². The second-order valence-corrected chi connectivity index (χ2v) is 5.51. The predicted molar refractivity (Wildman–Crippen MR) is 68.1 cm³/mol. The van der Waals surface area contributed by atoms with Crippen molar-refractivity contribution < 1.29 is 0 Å². The lowest BCUT2D eigenvalue weighted by Gasteiger charge is -2.33. The average Bonchev–Trinajstić information content (AvgIpc) is 2.25. The maximum atomic E-state index is 3.61. The van der Waals surface area contributed by atoms with Crippen molar-refractivity contribution in [1.29, 1.82) is 0 Å². The molecule has 0 radical (unpaired) electrons. The van der Waals surface area contributed by atoms with E-state index in [-0.39, 0.29) is 0 Å². The third-order valence-electron chi connectivity index (χ3n) is 3.92. The molecule has 1 unspecified atom stereocenters. The highest BCUT2D eigenvalue weighted by atomic mass is 14.9. The van der Waals surface area contributed by atoms with Gasteiger partial charge in [-0.2, -0.15) is 0 Å². The van der Waals surface area contributed by atoms with E-state index in [1.165, 1.54) is 51.6 Å². The van der Waals surface area contributed by atoms with Gasteiger partial charge in [-0.15, -0.1) is 0 Å². The Morgan fingerprint density at radius 3 is 2.33 bits per heavy atom. The maximum absolute atomic E-state index is 3.61. The zero-order valence-electron chi connectivity index (χ0n) is 10.9. The van der Waals surface area contributed by atoms with E-state index in [0.717, 1.165) is 17.8 Å².